The van der Waals surface area contributed by atoms with Gasteiger partial charge in [-0.2, -0.15) is 0 Å². The van der Waals surface area contributed by atoms with Crippen LogP contribution in [0.1, 0.15) is 25.0 Å². The van der Waals surface area contributed by atoms with Crippen LogP contribution in [-0.4, -0.2) is 51.3 Å². The van der Waals surface area contributed by atoms with Crippen molar-refractivity contribution >= 4 is 21.4 Å². The number of carbonyl (C=O) groups excluding carboxylic acids is 2. The van der Waals surface area contributed by atoms with E-state index >= 15 is 0 Å². The predicted molar refractivity (Wildman–Crippen MR) is 122 cm³/mol. The molecule has 0 saturated carbocycles. The second-order valence-corrected chi connectivity index (χ2v) is 10.5. The molecule has 0 N–H and O–H groups in total. The Morgan fingerprint density at radius 3 is 2.15 bits per heavy atom. The minimum atomic E-state index is -3.99. The normalized spacial score (nSPS) is 23.1. The number of methoxy groups -OCH3 is 1. The number of ketones is 2. The van der Waals surface area contributed by atoms with Crippen molar-refractivity contribution in [2.45, 2.75) is 49.9 Å². The molecule has 1 unspecified atom stereocenters. The summed E-state index contributed by atoms with van der Waals surface area (Å²) in [5.74, 6) is -3.01. The van der Waals surface area contributed by atoms with Crippen molar-refractivity contribution in [3.05, 3.63) is 65.7 Å². The lowest BCUT2D eigenvalue weighted by Gasteiger charge is -2.28. The van der Waals surface area contributed by atoms with Crippen molar-refractivity contribution in [2.24, 2.45) is 11.8 Å². The SMILES string of the molecule is CO[C@H]1O[C@H](COCc2ccccc2)C(S(=O)(=O)c2ccc(C)cc2)[C@@H]1C(C(C)=O)C(C)=O. The average molecular weight is 475 g/mol. The van der Waals surface area contributed by atoms with Crippen LogP contribution in [0.2, 0.25) is 0 Å². The van der Waals surface area contributed by atoms with Crippen molar-refractivity contribution in [3.63, 3.8) is 0 Å². The zero-order chi connectivity index (χ0) is 24.2. The number of rotatable bonds is 10. The highest BCUT2D eigenvalue weighted by molar-refractivity contribution is 7.92. The standard InChI is InChI=1S/C25H30O7S/c1-16-10-12-20(13-11-16)33(28,29)24-21(15-31-14-19-8-6-5-7-9-19)32-25(30-4)23(24)22(17(2)26)18(3)27/h5-13,21-25H,14-15H2,1-4H3/t21-,23+,24?,25+/m1/s1. The number of benzene rings is 2. The topological polar surface area (TPSA) is 96.0 Å². The highest BCUT2D eigenvalue weighted by Crippen LogP contribution is 2.41. The molecule has 4 atom stereocenters. The molecule has 0 radical (unpaired) electrons. The van der Waals surface area contributed by atoms with Gasteiger partial charge in [-0.05, 0) is 38.5 Å². The van der Waals surface area contributed by atoms with Gasteiger partial charge in [0.15, 0.2) is 16.1 Å². The number of sulfone groups is 1. The molecule has 1 heterocycles. The van der Waals surface area contributed by atoms with E-state index < -0.39 is 50.9 Å². The molecule has 1 saturated heterocycles. The third-order valence-corrected chi connectivity index (χ3v) is 8.23. The van der Waals surface area contributed by atoms with Gasteiger partial charge >= 0.3 is 0 Å². The summed E-state index contributed by atoms with van der Waals surface area (Å²) in [6.45, 7) is 4.66. The van der Waals surface area contributed by atoms with E-state index in [1.54, 1.807) is 12.1 Å². The van der Waals surface area contributed by atoms with Crippen LogP contribution < -0.4 is 0 Å². The first-order chi connectivity index (χ1) is 15.7. The van der Waals surface area contributed by atoms with E-state index in [-0.39, 0.29) is 18.1 Å². The Kier molecular flexibility index (Phi) is 8.18. The van der Waals surface area contributed by atoms with Gasteiger partial charge in [0.2, 0.25) is 0 Å². The quantitative estimate of drug-likeness (QED) is 0.488. The Bertz CT molecular complexity index is 1050. The molecule has 0 amide bonds. The van der Waals surface area contributed by atoms with Gasteiger partial charge in [-0.3, -0.25) is 9.59 Å². The molecule has 0 aromatic heterocycles. The Morgan fingerprint density at radius 2 is 1.61 bits per heavy atom. The zero-order valence-corrected chi connectivity index (χ0v) is 20.1. The summed E-state index contributed by atoms with van der Waals surface area (Å²) >= 11 is 0. The molecular formula is C25H30O7S. The van der Waals surface area contributed by atoms with Gasteiger partial charge in [-0.25, -0.2) is 8.42 Å². The lowest BCUT2D eigenvalue weighted by molar-refractivity contribution is -0.157. The second kappa shape index (κ2) is 10.7. The third-order valence-electron chi connectivity index (χ3n) is 5.96. The zero-order valence-electron chi connectivity index (χ0n) is 19.3. The first-order valence-corrected chi connectivity index (χ1v) is 12.3. The number of hydrogen-bond acceptors (Lipinski definition) is 7. The van der Waals surface area contributed by atoms with Gasteiger partial charge in [0, 0.05) is 13.0 Å². The van der Waals surface area contributed by atoms with Crippen LogP contribution in [0.4, 0.5) is 0 Å². The Balaban J connectivity index is 1.98. The Morgan fingerprint density at radius 1 is 1.00 bits per heavy atom. The van der Waals surface area contributed by atoms with Crippen LogP contribution in [0.5, 0.6) is 0 Å². The highest BCUT2D eigenvalue weighted by atomic mass is 32.2. The summed E-state index contributed by atoms with van der Waals surface area (Å²) < 4.78 is 44.8. The van der Waals surface area contributed by atoms with Crippen LogP contribution in [0.25, 0.3) is 0 Å². The van der Waals surface area contributed by atoms with E-state index in [4.69, 9.17) is 14.2 Å². The molecule has 0 bridgehead atoms. The molecule has 2 aromatic rings. The largest absolute Gasteiger partial charge is 0.374 e. The molecule has 0 spiro atoms. The van der Waals surface area contributed by atoms with Crippen LogP contribution in [0.15, 0.2) is 59.5 Å². The van der Waals surface area contributed by atoms with Gasteiger partial charge < -0.3 is 14.2 Å². The maximum atomic E-state index is 13.8. The van der Waals surface area contributed by atoms with Gasteiger partial charge in [0.25, 0.3) is 0 Å². The van der Waals surface area contributed by atoms with E-state index in [0.717, 1.165) is 11.1 Å². The van der Waals surface area contributed by atoms with Crippen molar-refractivity contribution < 1.29 is 32.2 Å². The average Bonchev–Trinajstić information content (AvgIpc) is 3.13. The van der Waals surface area contributed by atoms with Gasteiger partial charge in [0.05, 0.1) is 24.0 Å². The monoisotopic (exact) mass is 474 g/mol. The highest BCUT2D eigenvalue weighted by Gasteiger charge is 2.56. The number of Topliss-reactive ketones (excluding diaryl/α,β-unsaturated/α-hetero) is 2. The van der Waals surface area contributed by atoms with E-state index in [1.165, 1.54) is 33.1 Å². The smallest absolute Gasteiger partial charge is 0.184 e. The van der Waals surface area contributed by atoms with Crippen molar-refractivity contribution in [2.75, 3.05) is 13.7 Å². The van der Waals surface area contributed by atoms with Crippen LogP contribution in [0, 0.1) is 18.8 Å². The molecule has 1 fully saturated rings. The fraction of sp³-hybridized carbons (Fsp3) is 0.440. The first kappa shape index (κ1) is 25.2. The second-order valence-electron chi connectivity index (χ2n) is 8.38. The molecule has 2 aromatic carbocycles. The number of aryl methyl sites for hydroxylation is 1. The van der Waals surface area contributed by atoms with Gasteiger partial charge in [-0.1, -0.05) is 48.0 Å². The summed E-state index contributed by atoms with van der Waals surface area (Å²) in [6.07, 6.45) is -1.96. The Labute approximate surface area is 195 Å². The van der Waals surface area contributed by atoms with Crippen molar-refractivity contribution in [3.8, 4) is 0 Å². The fourth-order valence-corrected chi connectivity index (χ4v) is 6.50. The lowest BCUT2D eigenvalue weighted by atomic mass is 9.83. The molecular weight excluding hydrogens is 444 g/mol. The van der Waals surface area contributed by atoms with Gasteiger partial charge in [-0.15, -0.1) is 0 Å². The molecule has 1 aliphatic heterocycles. The summed E-state index contributed by atoms with van der Waals surface area (Å²) in [5.41, 5.74) is 1.84. The van der Waals surface area contributed by atoms with E-state index in [2.05, 4.69) is 0 Å². The summed E-state index contributed by atoms with van der Waals surface area (Å²) in [5, 5.41) is -1.20. The van der Waals surface area contributed by atoms with Gasteiger partial charge in [0.1, 0.15) is 22.9 Å². The molecule has 7 nitrogen and oxygen atoms in total. The first-order valence-electron chi connectivity index (χ1n) is 10.8. The van der Waals surface area contributed by atoms with E-state index in [1.807, 2.05) is 37.3 Å². The molecule has 8 heteroatoms. The number of carbonyl (C=O) groups is 2. The lowest BCUT2D eigenvalue weighted by Crippen LogP contribution is -2.45. The summed E-state index contributed by atoms with van der Waals surface area (Å²) in [6, 6.07) is 15.9. The maximum absolute atomic E-state index is 13.8. The molecule has 33 heavy (non-hydrogen) atoms. The van der Waals surface area contributed by atoms with Crippen LogP contribution in [-0.2, 0) is 40.2 Å². The predicted octanol–water partition coefficient (Wildman–Crippen LogP) is 3.14. The number of ether oxygens (including phenoxy) is 3. The molecule has 0 aliphatic carbocycles. The summed E-state index contributed by atoms with van der Waals surface area (Å²) in [4.78, 5) is 25.0. The maximum Gasteiger partial charge on any atom is 0.184 e. The molecule has 178 valence electrons. The number of hydrogen-bond donors (Lipinski definition) is 0. The third kappa shape index (κ3) is 5.58. The summed E-state index contributed by atoms with van der Waals surface area (Å²) in [7, 11) is -2.62. The van der Waals surface area contributed by atoms with E-state index in [9.17, 15) is 18.0 Å². The van der Waals surface area contributed by atoms with Crippen molar-refractivity contribution in [1.82, 2.24) is 0 Å². The minimum absolute atomic E-state index is 0.0382. The Hall–Kier alpha value is -2.39. The van der Waals surface area contributed by atoms with Crippen LogP contribution >= 0.6 is 0 Å². The fourth-order valence-electron chi connectivity index (χ4n) is 4.42. The van der Waals surface area contributed by atoms with Crippen molar-refractivity contribution in [1.29, 1.82) is 0 Å². The van der Waals surface area contributed by atoms with E-state index in [0.29, 0.717) is 0 Å². The molecule has 3 rings (SSSR count). The molecule has 1 aliphatic rings. The van der Waals surface area contributed by atoms with Crippen LogP contribution in [0.3, 0.4) is 0 Å². The minimum Gasteiger partial charge on any atom is -0.374 e.